The monoisotopic (exact) mass is 417 g/mol. The molecule has 0 N–H and O–H groups in total. The molecule has 4 nitrogen and oxygen atoms in total. The molecule has 0 spiro atoms. The highest BCUT2D eigenvalue weighted by Crippen LogP contribution is 2.55. The van der Waals surface area contributed by atoms with E-state index in [-0.39, 0.29) is 16.0 Å². The second-order valence-electron chi connectivity index (χ2n) is 9.91. The lowest BCUT2D eigenvalue weighted by atomic mass is 10.1. The molecule has 0 saturated heterocycles. The molecule has 0 bridgehead atoms. The lowest BCUT2D eigenvalue weighted by Crippen LogP contribution is -2.57. The van der Waals surface area contributed by atoms with E-state index < -0.39 is 22.6 Å². The van der Waals surface area contributed by atoms with Gasteiger partial charge in [-0.05, 0) is 29.5 Å². The van der Waals surface area contributed by atoms with E-state index >= 15 is 0 Å². The van der Waals surface area contributed by atoms with Crippen LogP contribution in [-0.2, 0) is 18.1 Å². The SMILES string of the molecule is CCCCCC[Si](OC(=O)C(C)(CC)[Si](OC)OC)(C(C)(C)C)C(C)(C)C. The molecule has 0 amide bonds. The Kier molecular flexibility index (Phi) is 10.5. The minimum atomic E-state index is -2.45. The summed E-state index contributed by atoms with van der Waals surface area (Å²) in [5.41, 5.74) is 0. The van der Waals surface area contributed by atoms with E-state index in [1.807, 2.05) is 13.8 Å². The Morgan fingerprint density at radius 3 is 1.67 bits per heavy atom. The van der Waals surface area contributed by atoms with Gasteiger partial charge >= 0.3 is 9.28 Å². The van der Waals surface area contributed by atoms with E-state index in [1.54, 1.807) is 14.2 Å². The molecule has 0 aliphatic rings. The van der Waals surface area contributed by atoms with E-state index in [2.05, 4.69) is 48.5 Å². The molecule has 0 rings (SSSR count). The van der Waals surface area contributed by atoms with E-state index in [0.717, 1.165) is 12.5 Å². The Bertz CT molecular complexity index is 436. The number of carbonyl (C=O) groups is 1. The van der Waals surface area contributed by atoms with Crippen molar-refractivity contribution < 1.29 is 18.1 Å². The predicted octanol–water partition coefficient (Wildman–Crippen LogP) is 6.61. The number of rotatable bonds is 11. The molecule has 27 heavy (non-hydrogen) atoms. The second kappa shape index (κ2) is 10.6. The topological polar surface area (TPSA) is 44.8 Å². The van der Waals surface area contributed by atoms with Crippen LogP contribution in [0.15, 0.2) is 0 Å². The van der Waals surface area contributed by atoms with Crippen LogP contribution in [0.3, 0.4) is 0 Å². The van der Waals surface area contributed by atoms with Crippen molar-refractivity contribution in [3.05, 3.63) is 0 Å². The van der Waals surface area contributed by atoms with Gasteiger partial charge in [0.05, 0.1) is 0 Å². The zero-order valence-electron chi connectivity index (χ0n) is 19.9. The van der Waals surface area contributed by atoms with Crippen molar-refractivity contribution >= 4 is 23.6 Å². The molecule has 0 aromatic rings. The Morgan fingerprint density at radius 1 is 0.852 bits per heavy atom. The summed E-state index contributed by atoms with van der Waals surface area (Å²) in [7, 11) is -0.952. The van der Waals surface area contributed by atoms with Crippen molar-refractivity contribution in [2.75, 3.05) is 14.2 Å². The van der Waals surface area contributed by atoms with E-state index in [4.69, 9.17) is 13.3 Å². The highest BCUT2D eigenvalue weighted by Gasteiger charge is 2.59. The molecular formula is C21H45O4Si2. The molecule has 0 aliphatic carbocycles. The smallest absolute Gasteiger partial charge is 0.402 e. The average molecular weight is 418 g/mol. The Morgan fingerprint density at radius 2 is 1.33 bits per heavy atom. The normalized spacial score (nSPS) is 15.7. The summed E-state index contributed by atoms with van der Waals surface area (Å²) in [5, 5.41) is -0.810. The maximum absolute atomic E-state index is 13.5. The summed E-state index contributed by atoms with van der Waals surface area (Å²) >= 11 is 0. The van der Waals surface area contributed by atoms with Crippen LogP contribution < -0.4 is 0 Å². The number of hydrogen-bond acceptors (Lipinski definition) is 4. The quantitative estimate of drug-likeness (QED) is 0.280. The van der Waals surface area contributed by atoms with Gasteiger partial charge in [0.15, 0.2) is 0 Å². The summed E-state index contributed by atoms with van der Waals surface area (Å²) in [5.74, 6) is -0.130. The molecule has 0 aromatic heterocycles. The van der Waals surface area contributed by atoms with Crippen molar-refractivity contribution in [2.45, 2.75) is 116 Å². The number of carbonyl (C=O) groups excluding carboxylic acids is 1. The fourth-order valence-corrected chi connectivity index (χ4v) is 11.6. The van der Waals surface area contributed by atoms with Gasteiger partial charge in [0.25, 0.3) is 14.3 Å². The molecular weight excluding hydrogens is 372 g/mol. The molecule has 0 heterocycles. The van der Waals surface area contributed by atoms with Crippen LogP contribution in [-0.4, -0.2) is 37.8 Å². The molecule has 1 radical (unpaired) electrons. The zero-order chi connectivity index (χ0) is 21.5. The third-order valence-electron chi connectivity index (χ3n) is 6.05. The first-order valence-electron chi connectivity index (χ1n) is 10.5. The zero-order valence-corrected chi connectivity index (χ0v) is 21.9. The van der Waals surface area contributed by atoms with Crippen molar-refractivity contribution in [2.24, 2.45) is 0 Å². The number of unbranched alkanes of at least 4 members (excludes halogenated alkanes) is 3. The Labute approximate surface area is 171 Å². The van der Waals surface area contributed by atoms with Gasteiger partial charge in [-0.3, -0.25) is 4.79 Å². The van der Waals surface area contributed by atoms with Crippen LogP contribution >= 0.6 is 0 Å². The first kappa shape index (κ1) is 26.8. The van der Waals surface area contributed by atoms with Crippen molar-refractivity contribution in [1.29, 1.82) is 0 Å². The van der Waals surface area contributed by atoms with Crippen LogP contribution in [0.1, 0.15) is 94.4 Å². The minimum Gasteiger partial charge on any atom is -0.518 e. The van der Waals surface area contributed by atoms with Gasteiger partial charge in [-0.15, -0.1) is 0 Å². The predicted molar refractivity (Wildman–Crippen MR) is 119 cm³/mol. The molecule has 0 aromatic carbocycles. The lowest BCUT2D eigenvalue weighted by Gasteiger charge is -2.51. The molecule has 1 unspecified atom stereocenters. The van der Waals surface area contributed by atoms with Crippen LogP contribution in [0.5, 0.6) is 0 Å². The van der Waals surface area contributed by atoms with E-state index in [9.17, 15) is 4.79 Å². The van der Waals surface area contributed by atoms with Gasteiger partial charge in [0.1, 0.15) is 5.04 Å². The minimum absolute atomic E-state index is 0.0468. The highest BCUT2D eigenvalue weighted by molar-refractivity contribution is 6.81. The third kappa shape index (κ3) is 6.15. The molecule has 0 aliphatic heterocycles. The number of hydrogen-bond donors (Lipinski definition) is 0. The summed E-state index contributed by atoms with van der Waals surface area (Å²) in [4.78, 5) is 13.5. The van der Waals surface area contributed by atoms with Crippen LogP contribution in [0.4, 0.5) is 0 Å². The largest absolute Gasteiger partial charge is 0.518 e. The fraction of sp³-hybridized carbons (Fsp3) is 0.952. The molecule has 0 fully saturated rings. The van der Waals surface area contributed by atoms with Gasteiger partial charge in [-0.1, -0.05) is 81.1 Å². The van der Waals surface area contributed by atoms with Gasteiger partial charge in [-0.25, -0.2) is 0 Å². The van der Waals surface area contributed by atoms with Gasteiger partial charge in [0, 0.05) is 14.2 Å². The van der Waals surface area contributed by atoms with Gasteiger partial charge < -0.3 is 13.3 Å². The molecule has 161 valence electrons. The van der Waals surface area contributed by atoms with Crippen molar-refractivity contribution in [3.63, 3.8) is 0 Å². The first-order chi connectivity index (χ1) is 12.3. The van der Waals surface area contributed by atoms with Crippen molar-refractivity contribution in [1.82, 2.24) is 0 Å². The maximum Gasteiger partial charge on any atom is 0.402 e. The van der Waals surface area contributed by atoms with Crippen LogP contribution in [0.2, 0.25) is 21.2 Å². The van der Waals surface area contributed by atoms with Gasteiger partial charge in [-0.2, -0.15) is 0 Å². The van der Waals surface area contributed by atoms with E-state index in [1.165, 1.54) is 19.3 Å². The van der Waals surface area contributed by atoms with Crippen molar-refractivity contribution in [3.8, 4) is 0 Å². The molecule has 0 saturated carbocycles. The van der Waals surface area contributed by atoms with E-state index in [0.29, 0.717) is 6.42 Å². The lowest BCUT2D eigenvalue weighted by molar-refractivity contribution is -0.140. The molecule has 1 atom stereocenters. The van der Waals surface area contributed by atoms with Crippen LogP contribution in [0.25, 0.3) is 0 Å². The first-order valence-corrected chi connectivity index (χ1v) is 13.9. The summed E-state index contributed by atoms with van der Waals surface area (Å²) < 4.78 is 17.8. The average Bonchev–Trinajstić information content (AvgIpc) is 2.55. The standard InChI is InChI=1S/C21H45O4Si2/c1-12-14-15-16-17-27(19(3,4)5,20(6,7)8)25-18(22)21(9,13-2)26(23-10)24-11/h12-17H2,1-11H3. The Hall–Kier alpha value is -0.176. The second-order valence-corrected chi connectivity index (χ2v) is 17.8. The summed E-state index contributed by atoms with van der Waals surface area (Å²) in [6.45, 7) is 19.7. The van der Waals surface area contributed by atoms with Crippen LogP contribution in [0, 0.1) is 0 Å². The fourth-order valence-electron chi connectivity index (χ4n) is 4.21. The third-order valence-corrected chi connectivity index (χ3v) is 14.7. The summed E-state index contributed by atoms with van der Waals surface area (Å²) in [6, 6.07) is 1.01. The highest BCUT2D eigenvalue weighted by atomic mass is 28.4. The van der Waals surface area contributed by atoms with Gasteiger partial charge in [0.2, 0.25) is 0 Å². The maximum atomic E-state index is 13.5. The molecule has 6 heteroatoms. The Balaban J connectivity index is 5.97. The summed E-state index contributed by atoms with van der Waals surface area (Å²) in [6.07, 6.45) is 5.42.